The first-order chi connectivity index (χ1) is 9.65. The Morgan fingerprint density at radius 1 is 1.35 bits per heavy atom. The van der Waals surface area contributed by atoms with Gasteiger partial charge in [0.15, 0.2) is 0 Å². The number of aromatic nitrogens is 1. The van der Waals surface area contributed by atoms with Crippen molar-refractivity contribution in [2.45, 2.75) is 12.3 Å². The zero-order chi connectivity index (χ0) is 14.1. The van der Waals surface area contributed by atoms with Crippen molar-refractivity contribution in [3.05, 3.63) is 58.2 Å². The predicted molar refractivity (Wildman–Crippen MR) is 78.9 cm³/mol. The van der Waals surface area contributed by atoms with E-state index >= 15 is 0 Å². The van der Waals surface area contributed by atoms with Crippen molar-refractivity contribution in [1.29, 1.82) is 0 Å². The molecule has 1 atom stereocenters. The molecule has 1 heterocycles. The Morgan fingerprint density at radius 2 is 2.15 bits per heavy atom. The number of carbonyl (C=O) groups excluding carboxylic acids is 1. The Morgan fingerprint density at radius 3 is 2.95 bits per heavy atom. The Balaban J connectivity index is 1.65. The number of pyridine rings is 1. The number of halogens is 1. The maximum atomic E-state index is 12.1. The topological polar surface area (TPSA) is 68.0 Å². The van der Waals surface area contributed by atoms with Gasteiger partial charge in [-0.25, -0.2) is 4.98 Å². The smallest absolute Gasteiger partial charge is 0.271 e. The number of fused-ring (bicyclic) bond motifs is 1. The monoisotopic (exact) mass is 287 g/mol. The molecule has 1 aliphatic carbocycles. The highest BCUT2D eigenvalue weighted by molar-refractivity contribution is 6.33. The van der Waals surface area contributed by atoms with Crippen molar-refractivity contribution < 1.29 is 4.79 Å². The van der Waals surface area contributed by atoms with Crippen LogP contribution in [0.2, 0.25) is 5.02 Å². The van der Waals surface area contributed by atoms with Crippen molar-refractivity contribution in [1.82, 2.24) is 10.3 Å². The summed E-state index contributed by atoms with van der Waals surface area (Å²) in [4.78, 5) is 16.0. The molecule has 102 valence electrons. The van der Waals surface area contributed by atoms with Crippen LogP contribution < -0.4 is 11.1 Å². The van der Waals surface area contributed by atoms with Crippen LogP contribution in [0, 0.1) is 0 Å². The number of rotatable bonds is 3. The lowest BCUT2D eigenvalue weighted by atomic mass is 9.77. The lowest BCUT2D eigenvalue weighted by Gasteiger charge is -2.30. The van der Waals surface area contributed by atoms with Gasteiger partial charge in [-0.05, 0) is 29.7 Å². The van der Waals surface area contributed by atoms with Gasteiger partial charge in [0.25, 0.3) is 5.91 Å². The van der Waals surface area contributed by atoms with Crippen LogP contribution in [0.5, 0.6) is 0 Å². The highest BCUT2D eigenvalue weighted by Gasteiger charge is 2.26. The molecule has 1 unspecified atom stereocenters. The SMILES string of the molecule is Nc1ccc(Cl)c(C(=O)NCC2Cc3ccccc32)n1. The molecule has 0 radical (unpaired) electrons. The maximum absolute atomic E-state index is 12.1. The van der Waals surface area contributed by atoms with Gasteiger partial charge in [-0.2, -0.15) is 0 Å². The molecule has 0 fully saturated rings. The summed E-state index contributed by atoms with van der Waals surface area (Å²) in [5, 5.41) is 3.18. The number of nitrogen functional groups attached to an aromatic ring is 1. The van der Waals surface area contributed by atoms with E-state index in [1.807, 2.05) is 12.1 Å². The second-order valence-corrected chi connectivity index (χ2v) is 5.28. The molecule has 0 saturated heterocycles. The largest absolute Gasteiger partial charge is 0.384 e. The summed E-state index contributed by atoms with van der Waals surface area (Å²) >= 11 is 5.96. The molecule has 5 heteroatoms. The van der Waals surface area contributed by atoms with Crippen molar-refractivity contribution in [2.24, 2.45) is 0 Å². The number of amides is 1. The van der Waals surface area contributed by atoms with Crippen LogP contribution in [0.1, 0.15) is 27.5 Å². The third-order valence-corrected chi connectivity index (χ3v) is 3.86. The summed E-state index contributed by atoms with van der Waals surface area (Å²) < 4.78 is 0. The van der Waals surface area contributed by atoms with Crippen LogP contribution >= 0.6 is 11.6 Å². The third-order valence-electron chi connectivity index (χ3n) is 3.55. The number of hydrogen-bond acceptors (Lipinski definition) is 3. The Labute approximate surface area is 122 Å². The van der Waals surface area contributed by atoms with Crippen molar-refractivity contribution in [2.75, 3.05) is 12.3 Å². The molecule has 2 aromatic rings. The first kappa shape index (κ1) is 12.9. The molecule has 1 aromatic carbocycles. The highest BCUT2D eigenvalue weighted by Crippen LogP contribution is 2.34. The molecule has 3 rings (SSSR count). The van der Waals surface area contributed by atoms with E-state index in [9.17, 15) is 4.79 Å². The van der Waals surface area contributed by atoms with E-state index in [0.29, 0.717) is 17.5 Å². The van der Waals surface area contributed by atoms with Gasteiger partial charge < -0.3 is 11.1 Å². The summed E-state index contributed by atoms with van der Waals surface area (Å²) in [5.41, 5.74) is 8.41. The van der Waals surface area contributed by atoms with E-state index in [1.54, 1.807) is 12.1 Å². The molecule has 1 amide bonds. The number of nitrogens with one attached hydrogen (secondary N) is 1. The lowest BCUT2D eigenvalue weighted by Crippen LogP contribution is -2.33. The van der Waals surface area contributed by atoms with Crippen molar-refractivity contribution in [3.63, 3.8) is 0 Å². The molecule has 1 aromatic heterocycles. The fraction of sp³-hybridized carbons (Fsp3) is 0.200. The third kappa shape index (κ3) is 2.34. The minimum absolute atomic E-state index is 0.180. The van der Waals surface area contributed by atoms with Gasteiger partial charge in [0, 0.05) is 12.5 Å². The summed E-state index contributed by atoms with van der Waals surface area (Å²) in [6, 6.07) is 11.4. The van der Waals surface area contributed by atoms with Gasteiger partial charge in [0.2, 0.25) is 0 Å². The zero-order valence-electron chi connectivity index (χ0n) is 10.8. The standard InChI is InChI=1S/C15H14ClN3O/c16-12-5-6-13(17)19-14(12)15(20)18-8-10-7-9-3-1-2-4-11(9)10/h1-6,10H,7-8H2,(H2,17,19)(H,18,20). The van der Waals surface area contributed by atoms with E-state index < -0.39 is 0 Å². The molecule has 1 aliphatic rings. The van der Waals surface area contributed by atoms with Crippen LogP contribution in [-0.4, -0.2) is 17.4 Å². The highest BCUT2D eigenvalue weighted by atomic mass is 35.5. The molecule has 4 nitrogen and oxygen atoms in total. The van der Waals surface area contributed by atoms with E-state index in [-0.39, 0.29) is 17.4 Å². The van der Waals surface area contributed by atoms with Gasteiger partial charge >= 0.3 is 0 Å². The first-order valence-corrected chi connectivity index (χ1v) is 6.81. The molecule has 0 saturated carbocycles. The van der Waals surface area contributed by atoms with Crippen LogP contribution in [0.3, 0.4) is 0 Å². The number of carbonyl (C=O) groups is 1. The van der Waals surface area contributed by atoms with E-state index in [1.165, 1.54) is 11.1 Å². The summed E-state index contributed by atoms with van der Waals surface area (Å²) in [6.45, 7) is 0.586. The minimum Gasteiger partial charge on any atom is -0.384 e. The van der Waals surface area contributed by atoms with E-state index in [0.717, 1.165) is 6.42 Å². The van der Waals surface area contributed by atoms with Crippen LogP contribution in [-0.2, 0) is 6.42 Å². The number of nitrogens with zero attached hydrogens (tertiary/aromatic N) is 1. The normalized spacial score (nSPS) is 16.1. The minimum atomic E-state index is -0.285. The van der Waals surface area contributed by atoms with Crippen LogP contribution in [0.25, 0.3) is 0 Å². The summed E-state index contributed by atoms with van der Waals surface area (Å²) in [7, 11) is 0. The van der Waals surface area contributed by atoms with Crippen molar-refractivity contribution >= 4 is 23.3 Å². The Bertz CT molecular complexity index is 672. The fourth-order valence-electron chi connectivity index (χ4n) is 2.46. The fourth-order valence-corrected chi connectivity index (χ4v) is 2.65. The number of anilines is 1. The predicted octanol–water partition coefficient (Wildman–Crippen LogP) is 2.39. The van der Waals surface area contributed by atoms with Crippen LogP contribution in [0.15, 0.2) is 36.4 Å². The van der Waals surface area contributed by atoms with E-state index in [2.05, 4.69) is 22.4 Å². The van der Waals surface area contributed by atoms with Crippen LogP contribution in [0.4, 0.5) is 5.82 Å². The van der Waals surface area contributed by atoms with Gasteiger partial charge in [-0.1, -0.05) is 35.9 Å². The molecular formula is C15H14ClN3O. The number of benzene rings is 1. The first-order valence-electron chi connectivity index (χ1n) is 6.43. The molecule has 0 bridgehead atoms. The maximum Gasteiger partial charge on any atom is 0.271 e. The second kappa shape index (κ2) is 5.13. The quantitative estimate of drug-likeness (QED) is 0.911. The van der Waals surface area contributed by atoms with Crippen molar-refractivity contribution in [3.8, 4) is 0 Å². The zero-order valence-corrected chi connectivity index (χ0v) is 11.5. The molecular weight excluding hydrogens is 274 g/mol. The summed E-state index contributed by atoms with van der Waals surface area (Å²) in [6.07, 6.45) is 0.995. The Kier molecular flexibility index (Phi) is 3.32. The lowest BCUT2D eigenvalue weighted by molar-refractivity contribution is 0.0945. The van der Waals surface area contributed by atoms with Gasteiger partial charge in [0.05, 0.1) is 5.02 Å². The molecule has 20 heavy (non-hydrogen) atoms. The Hall–Kier alpha value is -2.07. The molecule has 0 spiro atoms. The van der Waals surface area contributed by atoms with Gasteiger partial charge in [-0.3, -0.25) is 4.79 Å². The molecule has 0 aliphatic heterocycles. The molecule has 3 N–H and O–H groups in total. The summed E-state index contributed by atoms with van der Waals surface area (Å²) in [5.74, 6) is 0.371. The average molecular weight is 288 g/mol. The van der Waals surface area contributed by atoms with Gasteiger partial charge in [-0.15, -0.1) is 0 Å². The second-order valence-electron chi connectivity index (χ2n) is 4.88. The average Bonchev–Trinajstić information content (AvgIpc) is 2.42. The van der Waals surface area contributed by atoms with Gasteiger partial charge in [0.1, 0.15) is 11.5 Å². The number of nitrogens with two attached hydrogens (primary N) is 1. The van der Waals surface area contributed by atoms with E-state index in [4.69, 9.17) is 17.3 Å². The number of hydrogen-bond donors (Lipinski definition) is 2.